The predicted molar refractivity (Wildman–Crippen MR) is 65.8 cm³/mol. The molecule has 2 heterocycles. The summed E-state index contributed by atoms with van der Waals surface area (Å²) in [6.45, 7) is 3.82. The molecule has 0 atom stereocenters. The van der Waals surface area contributed by atoms with Gasteiger partial charge in [0.05, 0.1) is 0 Å². The van der Waals surface area contributed by atoms with Crippen LogP contribution in [0.3, 0.4) is 0 Å². The van der Waals surface area contributed by atoms with Crippen molar-refractivity contribution < 1.29 is 4.84 Å². The van der Waals surface area contributed by atoms with Gasteiger partial charge in [-0.25, -0.2) is 4.98 Å². The molecule has 2 rings (SSSR count). The van der Waals surface area contributed by atoms with Crippen molar-refractivity contribution in [2.75, 3.05) is 7.11 Å². The van der Waals surface area contributed by atoms with Crippen LogP contribution in [0.2, 0.25) is 0 Å². The first kappa shape index (κ1) is 11.3. The molecular formula is C12H14N4O. The number of hydrogen-bond acceptors (Lipinski definition) is 4. The topological polar surface area (TPSA) is 63.2 Å². The summed E-state index contributed by atoms with van der Waals surface area (Å²) in [6, 6.07) is 3.83. The number of aromatic nitrogens is 3. The number of nitrogens with zero attached hydrogens (tertiary/aromatic N) is 3. The average molecular weight is 230 g/mol. The van der Waals surface area contributed by atoms with Crippen molar-refractivity contribution in [2.45, 2.75) is 13.8 Å². The summed E-state index contributed by atoms with van der Waals surface area (Å²) in [6.07, 6.45) is 3.50. The summed E-state index contributed by atoms with van der Waals surface area (Å²) in [4.78, 5) is 16.5. The molecule has 88 valence electrons. The van der Waals surface area contributed by atoms with Crippen molar-refractivity contribution >= 4 is 5.71 Å². The third-order valence-electron chi connectivity index (χ3n) is 2.39. The summed E-state index contributed by atoms with van der Waals surface area (Å²) >= 11 is 0. The van der Waals surface area contributed by atoms with E-state index in [0.29, 0.717) is 0 Å². The molecular weight excluding hydrogens is 216 g/mol. The number of oxime groups is 1. The van der Waals surface area contributed by atoms with Gasteiger partial charge in [-0.1, -0.05) is 5.16 Å². The average Bonchev–Trinajstić information content (AvgIpc) is 2.73. The molecule has 0 spiro atoms. The molecule has 0 radical (unpaired) electrons. The largest absolute Gasteiger partial charge is 0.399 e. The lowest BCUT2D eigenvalue weighted by Crippen LogP contribution is -1.98. The van der Waals surface area contributed by atoms with E-state index in [-0.39, 0.29) is 0 Å². The van der Waals surface area contributed by atoms with Gasteiger partial charge in [0, 0.05) is 23.7 Å². The maximum atomic E-state index is 4.75. The van der Waals surface area contributed by atoms with Gasteiger partial charge < -0.3 is 9.82 Å². The first-order valence-corrected chi connectivity index (χ1v) is 5.27. The van der Waals surface area contributed by atoms with Gasteiger partial charge in [0.1, 0.15) is 24.3 Å². The number of rotatable bonds is 3. The number of H-pyrrole nitrogens is 1. The minimum Gasteiger partial charge on any atom is -0.399 e. The van der Waals surface area contributed by atoms with E-state index in [4.69, 9.17) is 4.84 Å². The van der Waals surface area contributed by atoms with Gasteiger partial charge in [0.15, 0.2) is 0 Å². The highest BCUT2D eigenvalue weighted by Gasteiger charge is 2.11. The molecule has 2 aromatic rings. The molecule has 5 nitrogen and oxygen atoms in total. The minimum atomic E-state index is 0.747. The highest BCUT2D eigenvalue weighted by atomic mass is 16.6. The van der Waals surface area contributed by atoms with Crippen molar-refractivity contribution in [3.05, 3.63) is 35.9 Å². The molecule has 0 unspecified atom stereocenters. The normalized spacial score (nSPS) is 11.6. The van der Waals surface area contributed by atoms with Crippen LogP contribution in [0.4, 0.5) is 0 Å². The molecule has 0 fully saturated rings. The van der Waals surface area contributed by atoms with Crippen molar-refractivity contribution in [2.24, 2.45) is 5.16 Å². The zero-order chi connectivity index (χ0) is 12.3. The van der Waals surface area contributed by atoms with Gasteiger partial charge in [0.25, 0.3) is 0 Å². The Balaban J connectivity index is 2.41. The van der Waals surface area contributed by atoms with Crippen LogP contribution in [0.15, 0.2) is 29.7 Å². The Hall–Kier alpha value is -2.17. The number of aromatic amines is 1. The highest BCUT2D eigenvalue weighted by molar-refractivity contribution is 5.98. The van der Waals surface area contributed by atoms with Gasteiger partial charge in [-0.2, -0.15) is 0 Å². The lowest BCUT2D eigenvalue weighted by atomic mass is 10.2. The second kappa shape index (κ2) is 4.78. The van der Waals surface area contributed by atoms with Crippen LogP contribution in [0.5, 0.6) is 0 Å². The second-order valence-electron chi connectivity index (χ2n) is 3.66. The number of aryl methyl sites for hydroxylation is 1. The Bertz CT molecular complexity index is 531. The summed E-state index contributed by atoms with van der Waals surface area (Å²) in [5.74, 6) is 0.788. The van der Waals surface area contributed by atoms with E-state index in [1.807, 2.05) is 26.0 Å². The van der Waals surface area contributed by atoms with E-state index in [1.165, 1.54) is 7.11 Å². The Kier molecular flexibility index (Phi) is 3.18. The number of hydrogen-bond donors (Lipinski definition) is 1. The first-order valence-electron chi connectivity index (χ1n) is 5.27. The molecule has 0 amide bonds. The zero-order valence-corrected chi connectivity index (χ0v) is 10.1. The number of pyridine rings is 1. The van der Waals surface area contributed by atoms with Crippen LogP contribution < -0.4 is 0 Å². The Morgan fingerprint density at radius 1 is 1.47 bits per heavy atom. The van der Waals surface area contributed by atoms with Crippen molar-refractivity contribution in [3.8, 4) is 11.4 Å². The maximum absolute atomic E-state index is 4.75. The van der Waals surface area contributed by atoms with Crippen molar-refractivity contribution in [1.82, 2.24) is 15.0 Å². The van der Waals surface area contributed by atoms with Crippen molar-refractivity contribution in [1.29, 1.82) is 0 Å². The molecule has 0 aliphatic heterocycles. The monoisotopic (exact) mass is 230 g/mol. The molecule has 5 heteroatoms. The fourth-order valence-electron chi connectivity index (χ4n) is 1.63. The molecule has 0 bridgehead atoms. The van der Waals surface area contributed by atoms with E-state index in [1.54, 1.807) is 12.4 Å². The lowest BCUT2D eigenvalue weighted by Gasteiger charge is -1.95. The standard InChI is InChI=1S/C12H14N4O/c1-8-11(9(2)16-17-3)15-12(14-8)10-5-4-6-13-7-10/h4-7H,1-3H3,(H,14,15)/b16-9+. The van der Waals surface area contributed by atoms with Gasteiger partial charge in [-0.3, -0.25) is 4.98 Å². The van der Waals surface area contributed by atoms with E-state index in [2.05, 4.69) is 20.1 Å². The van der Waals surface area contributed by atoms with Crippen LogP contribution in [-0.2, 0) is 4.84 Å². The third-order valence-corrected chi connectivity index (χ3v) is 2.39. The van der Waals surface area contributed by atoms with Gasteiger partial charge >= 0.3 is 0 Å². The fraction of sp³-hybridized carbons (Fsp3) is 0.250. The smallest absolute Gasteiger partial charge is 0.139 e. The molecule has 2 aromatic heterocycles. The summed E-state index contributed by atoms with van der Waals surface area (Å²) in [7, 11) is 1.52. The Morgan fingerprint density at radius 2 is 2.29 bits per heavy atom. The summed E-state index contributed by atoms with van der Waals surface area (Å²) < 4.78 is 0. The molecule has 0 aliphatic rings. The zero-order valence-electron chi connectivity index (χ0n) is 10.1. The lowest BCUT2D eigenvalue weighted by molar-refractivity contribution is 0.213. The van der Waals surface area contributed by atoms with Crippen LogP contribution in [-0.4, -0.2) is 27.8 Å². The van der Waals surface area contributed by atoms with Crippen molar-refractivity contribution in [3.63, 3.8) is 0 Å². The molecule has 0 saturated carbocycles. The quantitative estimate of drug-likeness (QED) is 0.649. The molecule has 17 heavy (non-hydrogen) atoms. The van der Waals surface area contributed by atoms with E-state index >= 15 is 0 Å². The van der Waals surface area contributed by atoms with E-state index in [9.17, 15) is 0 Å². The number of imidazole rings is 1. The summed E-state index contributed by atoms with van der Waals surface area (Å²) in [5.41, 5.74) is 3.47. The highest BCUT2D eigenvalue weighted by Crippen LogP contribution is 2.17. The Labute approximate surface area is 99.6 Å². The second-order valence-corrected chi connectivity index (χ2v) is 3.66. The van der Waals surface area contributed by atoms with Crippen LogP contribution >= 0.6 is 0 Å². The Morgan fingerprint density at radius 3 is 2.94 bits per heavy atom. The van der Waals surface area contributed by atoms with E-state index < -0.39 is 0 Å². The molecule has 1 N–H and O–H groups in total. The van der Waals surface area contributed by atoms with Crippen LogP contribution in [0.1, 0.15) is 18.3 Å². The molecule has 0 aromatic carbocycles. The molecule has 0 saturated heterocycles. The maximum Gasteiger partial charge on any atom is 0.139 e. The summed E-state index contributed by atoms with van der Waals surface area (Å²) in [5, 5.41) is 3.88. The fourth-order valence-corrected chi connectivity index (χ4v) is 1.63. The predicted octanol–water partition coefficient (Wildman–Crippen LogP) is 2.15. The minimum absolute atomic E-state index is 0.747. The van der Waals surface area contributed by atoms with Crippen LogP contribution in [0, 0.1) is 6.92 Å². The molecule has 0 aliphatic carbocycles. The van der Waals surface area contributed by atoms with Crippen LogP contribution in [0.25, 0.3) is 11.4 Å². The van der Waals surface area contributed by atoms with Gasteiger partial charge in [-0.05, 0) is 26.0 Å². The van der Waals surface area contributed by atoms with Gasteiger partial charge in [0.2, 0.25) is 0 Å². The SMILES string of the molecule is CO/N=C(\C)c1nc(-c2cccnc2)[nH]c1C. The third kappa shape index (κ3) is 2.33. The van der Waals surface area contributed by atoms with E-state index in [0.717, 1.165) is 28.5 Å². The van der Waals surface area contributed by atoms with Gasteiger partial charge in [-0.15, -0.1) is 0 Å². The number of nitrogens with one attached hydrogen (secondary N) is 1. The first-order chi connectivity index (χ1) is 8.22.